The molecule has 0 heterocycles. The van der Waals surface area contributed by atoms with Gasteiger partial charge in [0.05, 0.1) is 14.2 Å². The van der Waals surface area contributed by atoms with Gasteiger partial charge in [0.15, 0.2) is 0 Å². The van der Waals surface area contributed by atoms with Gasteiger partial charge in [-0.25, -0.2) is 4.79 Å². The van der Waals surface area contributed by atoms with Crippen molar-refractivity contribution in [3.63, 3.8) is 0 Å². The van der Waals surface area contributed by atoms with Crippen molar-refractivity contribution in [2.24, 2.45) is 0 Å². The highest BCUT2D eigenvalue weighted by Crippen LogP contribution is 2.33. The first kappa shape index (κ1) is 21.5. The summed E-state index contributed by atoms with van der Waals surface area (Å²) in [4.78, 5) is 12.2. The molecule has 5 rings (SSSR count). The lowest BCUT2D eigenvalue weighted by Gasteiger charge is -2.14. The van der Waals surface area contributed by atoms with Crippen LogP contribution in [-0.2, 0) is 4.74 Å². The van der Waals surface area contributed by atoms with Crippen molar-refractivity contribution < 1.29 is 14.3 Å². The van der Waals surface area contributed by atoms with E-state index in [-0.39, 0.29) is 0 Å². The van der Waals surface area contributed by atoms with Crippen LogP contribution in [0.15, 0.2) is 103 Å². The Labute approximate surface area is 198 Å². The van der Waals surface area contributed by atoms with Crippen LogP contribution in [0.3, 0.4) is 0 Å². The summed E-state index contributed by atoms with van der Waals surface area (Å²) < 4.78 is 10.5. The Balaban J connectivity index is 1.70. The highest BCUT2D eigenvalue weighted by Gasteiger charge is 2.16. The molecule has 0 amide bonds. The van der Waals surface area contributed by atoms with Crippen molar-refractivity contribution in [2.45, 2.75) is 0 Å². The maximum Gasteiger partial charge on any atom is 0.341 e. The van der Waals surface area contributed by atoms with Gasteiger partial charge in [-0.2, -0.15) is 0 Å². The molecule has 0 aliphatic heterocycles. The minimum absolute atomic E-state index is 0.400. The Morgan fingerprint density at radius 3 is 1.91 bits per heavy atom. The highest BCUT2D eigenvalue weighted by molar-refractivity contribution is 5.98. The molecule has 0 fully saturated rings. The van der Waals surface area contributed by atoms with Crippen molar-refractivity contribution in [1.82, 2.24) is 0 Å². The van der Waals surface area contributed by atoms with Gasteiger partial charge in [0.2, 0.25) is 0 Å². The Bertz CT molecular complexity index is 1550. The molecule has 166 valence electrons. The lowest BCUT2D eigenvalue weighted by Crippen LogP contribution is -2.04. The van der Waals surface area contributed by atoms with Crippen LogP contribution in [0, 0.1) is 0 Å². The van der Waals surface area contributed by atoms with Crippen LogP contribution in [0.25, 0.3) is 33.2 Å². The number of ether oxygens (including phenoxy) is 2. The van der Waals surface area contributed by atoms with E-state index in [1.165, 1.54) is 28.7 Å². The Morgan fingerprint density at radius 2 is 1.24 bits per heavy atom. The van der Waals surface area contributed by atoms with Crippen LogP contribution in [0.1, 0.15) is 27.0 Å². The second kappa shape index (κ2) is 9.24. The van der Waals surface area contributed by atoms with E-state index in [1.807, 2.05) is 30.3 Å². The maximum atomic E-state index is 12.2. The van der Waals surface area contributed by atoms with Crippen molar-refractivity contribution in [1.29, 1.82) is 0 Å². The van der Waals surface area contributed by atoms with Crippen LogP contribution in [-0.4, -0.2) is 20.2 Å². The van der Waals surface area contributed by atoms with Crippen molar-refractivity contribution in [3.8, 4) is 5.75 Å². The number of fused-ring (bicyclic) bond motifs is 2. The summed E-state index contributed by atoms with van der Waals surface area (Å²) in [7, 11) is 2.93. The highest BCUT2D eigenvalue weighted by atomic mass is 16.5. The molecule has 0 saturated heterocycles. The predicted octanol–water partition coefficient (Wildman–Crippen LogP) is 7.38. The standard InChI is InChI=1S/C31H24O3/c1-33-30-20-27(15-16-28(30)31(32)34-2)29(26-14-13-23-8-4-6-10-25(23)19-26)18-21-11-12-22-7-3-5-9-24(22)17-21/h3-20H,1-2H3/b29-18+. The van der Waals surface area contributed by atoms with Crippen LogP contribution in [0.2, 0.25) is 0 Å². The van der Waals surface area contributed by atoms with E-state index in [2.05, 4.69) is 72.8 Å². The van der Waals surface area contributed by atoms with Gasteiger partial charge in [-0.1, -0.05) is 78.9 Å². The summed E-state index contributed by atoms with van der Waals surface area (Å²) in [6.45, 7) is 0. The molecule has 3 nitrogen and oxygen atoms in total. The molecule has 0 aliphatic carbocycles. The fraction of sp³-hybridized carbons (Fsp3) is 0.0645. The second-order valence-electron chi connectivity index (χ2n) is 8.13. The van der Waals surface area contributed by atoms with Crippen molar-refractivity contribution in [3.05, 3.63) is 125 Å². The van der Waals surface area contributed by atoms with Gasteiger partial charge in [-0.3, -0.25) is 0 Å². The van der Waals surface area contributed by atoms with Gasteiger partial charge in [0, 0.05) is 0 Å². The minimum Gasteiger partial charge on any atom is -0.496 e. The first-order valence-electron chi connectivity index (χ1n) is 11.1. The molecule has 0 saturated carbocycles. The van der Waals surface area contributed by atoms with Crippen molar-refractivity contribution in [2.75, 3.05) is 14.2 Å². The fourth-order valence-corrected chi connectivity index (χ4v) is 4.29. The summed E-state index contributed by atoms with van der Waals surface area (Å²) in [5, 5.41) is 4.75. The monoisotopic (exact) mass is 444 g/mol. The first-order valence-corrected chi connectivity index (χ1v) is 11.1. The largest absolute Gasteiger partial charge is 0.496 e. The zero-order valence-corrected chi connectivity index (χ0v) is 19.1. The average Bonchev–Trinajstić information content (AvgIpc) is 2.90. The number of carbonyl (C=O) groups is 1. The molecule has 0 aromatic heterocycles. The van der Waals surface area contributed by atoms with Crippen LogP contribution < -0.4 is 4.74 Å². The zero-order chi connectivity index (χ0) is 23.5. The molecular formula is C31H24O3. The van der Waals surface area contributed by atoms with Gasteiger partial charge in [-0.05, 0) is 74.1 Å². The molecule has 0 atom stereocenters. The number of rotatable bonds is 5. The molecule has 3 heteroatoms. The third-order valence-corrected chi connectivity index (χ3v) is 6.06. The summed E-state index contributed by atoms with van der Waals surface area (Å²) >= 11 is 0. The van der Waals surface area contributed by atoms with Crippen LogP contribution in [0.4, 0.5) is 0 Å². The Morgan fingerprint density at radius 1 is 0.647 bits per heavy atom. The number of carbonyl (C=O) groups excluding carboxylic acids is 1. The van der Waals surface area contributed by atoms with E-state index < -0.39 is 5.97 Å². The van der Waals surface area contributed by atoms with E-state index in [9.17, 15) is 4.79 Å². The molecule has 0 spiro atoms. The second-order valence-corrected chi connectivity index (χ2v) is 8.13. The lowest BCUT2D eigenvalue weighted by molar-refractivity contribution is 0.0597. The quantitative estimate of drug-likeness (QED) is 0.210. The van der Waals surface area contributed by atoms with Gasteiger partial charge >= 0.3 is 5.97 Å². The van der Waals surface area contributed by atoms with Gasteiger partial charge in [0.25, 0.3) is 0 Å². The number of hydrogen-bond donors (Lipinski definition) is 0. The topological polar surface area (TPSA) is 35.5 Å². The summed E-state index contributed by atoms with van der Waals surface area (Å²) in [5.74, 6) is 0.0590. The molecule has 0 radical (unpaired) electrons. The predicted molar refractivity (Wildman–Crippen MR) is 139 cm³/mol. The maximum absolute atomic E-state index is 12.2. The minimum atomic E-state index is -0.422. The zero-order valence-electron chi connectivity index (χ0n) is 19.1. The normalized spacial score (nSPS) is 11.5. The SMILES string of the molecule is COC(=O)c1ccc(/C(=C/c2ccc3ccccc3c2)c2ccc3ccccc3c2)cc1OC. The van der Waals surface area contributed by atoms with Gasteiger partial charge < -0.3 is 9.47 Å². The first-order chi connectivity index (χ1) is 16.7. The van der Waals surface area contributed by atoms with E-state index in [0.717, 1.165) is 22.3 Å². The van der Waals surface area contributed by atoms with Gasteiger partial charge in [0.1, 0.15) is 11.3 Å². The molecule has 0 unspecified atom stereocenters. The van der Waals surface area contributed by atoms with E-state index in [0.29, 0.717) is 11.3 Å². The Hall–Kier alpha value is -4.37. The molecular weight excluding hydrogens is 420 g/mol. The van der Waals surface area contributed by atoms with E-state index in [4.69, 9.17) is 9.47 Å². The molecule has 34 heavy (non-hydrogen) atoms. The van der Waals surface area contributed by atoms with Crippen molar-refractivity contribution >= 4 is 39.2 Å². The Kier molecular flexibility index (Phi) is 5.84. The third kappa shape index (κ3) is 4.16. The van der Waals surface area contributed by atoms with Crippen LogP contribution >= 0.6 is 0 Å². The van der Waals surface area contributed by atoms with E-state index in [1.54, 1.807) is 13.2 Å². The lowest BCUT2D eigenvalue weighted by atomic mass is 9.92. The van der Waals surface area contributed by atoms with E-state index >= 15 is 0 Å². The number of benzene rings is 5. The molecule has 0 aliphatic rings. The molecule has 5 aromatic carbocycles. The average molecular weight is 445 g/mol. The smallest absolute Gasteiger partial charge is 0.341 e. The third-order valence-electron chi connectivity index (χ3n) is 6.06. The summed E-state index contributed by atoms with van der Waals surface area (Å²) in [5.41, 5.74) is 4.57. The molecule has 5 aromatic rings. The molecule has 0 N–H and O–H groups in total. The summed E-state index contributed by atoms with van der Waals surface area (Å²) in [6, 6.07) is 35.2. The number of methoxy groups -OCH3 is 2. The molecule has 0 bridgehead atoms. The summed E-state index contributed by atoms with van der Waals surface area (Å²) in [6.07, 6.45) is 2.18. The van der Waals surface area contributed by atoms with Crippen LogP contribution in [0.5, 0.6) is 5.75 Å². The fourth-order valence-electron chi connectivity index (χ4n) is 4.29. The van der Waals surface area contributed by atoms with Gasteiger partial charge in [-0.15, -0.1) is 0 Å². The number of esters is 1. The number of hydrogen-bond acceptors (Lipinski definition) is 3.